The second-order valence-corrected chi connectivity index (χ2v) is 3.58. The van der Waals surface area contributed by atoms with E-state index in [1.807, 2.05) is 0 Å². The molecule has 80 valence electrons. The van der Waals surface area contributed by atoms with Crippen molar-refractivity contribution in [3.8, 4) is 0 Å². The normalized spacial score (nSPS) is 28.6. The molecule has 0 aromatic carbocycles. The molecule has 6 heteroatoms. The molecule has 2 aliphatic heterocycles. The molecule has 0 aliphatic carbocycles. The fourth-order valence-electron chi connectivity index (χ4n) is 1.62. The van der Waals surface area contributed by atoms with Gasteiger partial charge in [-0.15, -0.1) is 0 Å². The summed E-state index contributed by atoms with van der Waals surface area (Å²) in [5.41, 5.74) is 0. The molecular formula is C8H15N3O3. The predicted molar refractivity (Wildman–Crippen MR) is 48.0 cm³/mol. The van der Waals surface area contributed by atoms with Crippen LogP contribution in [0.15, 0.2) is 0 Å². The van der Waals surface area contributed by atoms with Crippen molar-refractivity contribution >= 4 is 5.91 Å². The summed E-state index contributed by atoms with van der Waals surface area (Å²) in [7, 11) is 0. The van der Waals surface area contributed by atoms with Crippen molar-refractivity contribution < 1.29 is 14.4 Å². The Morgan fingerprint density at radius 3 is 2.93 bits per heavy atom. The molecule has 0 aromatic heterocycles. The second-order valence-electron chi connectivity index (χ2n) is 3.58. The van der Waals surface area contributed by atoms with Crippen LogP contribution in [0.5, 0.6) is 0 Å². The highest BCUT2D eigenvalue weighted by molar-refractivity contribution is 5.80. The largest absolute Gasteiger partial charge is 0.347 e. The highest BCUT2D eigenvalue weighted by Gasteiger charge is 2.32. The van der Waals surface area contributed by atoms with Gasteiger partial charge in [-0.1, -0.05) is 0 Å². The Morgan fingerprint density at radius 1 is 1.57 bits per heavy atom. The maximum Gasteiger partial charge on any atom is 0.228 e. The minimum absolute atomic E-state index is 0.131. The average Bonchev–Trinajstić information content (AvgIpc) is 2.15. The van der Waals surface area contributed by atoms with Crippen molar-refractivity contribution in [3.05, 3.63) is 0 Å². The summed E-state index contributed by atoms with van der Waals surface area (Å²) in [6, 6.07) is 0. The molecule has 2 heterocycles. The lowest BCUT2D eigenvalue weighted by molar-refractivity contribution is -0.189. The highest BCUT2D eigenvalue weighted by atomic mass is 16.8. The monoisotopic (exact) mass is 201 g/mol. The summed E-state index contributed by atoms with van der Waals surface area (Å²) < 4.78 is 5.18. The van der Waals surface area contributed by atoms with Crippen LogP contribution in [-0.2, 0) is 14.4 Å². The molecule has 14 heavy (non-hydrogen) atoms. The molecule has 0 saturated carbocycles. The summed E-state index contributed by atoms with van der Waals surface area (Å²) in [5.74, 6) is 5.32. The van der Waals surface area contributed by atoms with E-state index < -0.39 is 6.29 Å². The first-order chi connectivity index (χ1) is 6.81. The van der Waals surface area contributed by atoms with Crippen LogP contribution in [0.2, 0.25) is 0 Å². The van der Waals surface area contributed by atoms with Gasteiger partial charge in [-0.3, -0.25) is 9.63 Å². The van der Waals surface area contributed by atoms with Gasteiger partial charge in [0.15, 0.2) is 6.29 Å². The van der Waals surface area contributed by atoms with Gasteiger partial charge in [-0.25, -0.2) is 5.90 Å². The van der Waals surface area contributed by atoms with E-state index in [9.17, 15) is 4.79 Å². The van der Waals surface area contributed by atoms with Crippen LogP contribution in [0.3, 0.4) is 0 Å². The maximum absolute atomic E-state index is 11.8. The molecule has 2 rings (SSSR count). The van der Waals surface area contributed by atoms with Crippen molar-refractivity contribution in [1.29, 1.82) is 0 Å². The van der Waals surface area contributed by atoms with E-state index in [1.54, 1.807) is 4.90 Å². The van der Waals surface area contributed by atoms with E-state index in [0.29, 0.717) is 19.7 Å². The molecule has 6 nitrogen and oxygen atoms in total. The maximum atomic E-state index is 11.8. The average molecular weight is 201 g/mol. The lowest BCUT2D eigenvalue weighted by Gasteiger charge is -2.36. The number of nitrogens with zero attached hydrogens (tertiary/aromatic N) is 1. The molecule has 0 radical (unpaired) electrons. The van der Waals surface area contributed by atoms with Crippen LogP contribution in [0.25, 0.3) is 0 Å². The zero-order chi connectivity index (χ0) is 9.97. The smallest absolute Gasteiger partial charge is 0.228 e. The molecule has 1 unspecified atom stereocenters. The van der Waals surface area contributed by atoms with Crippen LogP contribution in [0.1, 0.15) is 0 Å². The number of ether oxygens (including phenoxy) is 1. The summed E-state index contributed by atoms with van der Waals surface area (Å²) >= 11 is 0. The van der Waals surface area contributed by atoms with Gasteiger partial charge in [-0.05, 0) is 0 Å². The van der Waals surface area contributed by atoms with Gasteiger partial charge in [0.25, 0.3) is 0 Å². The van der Waals surface area contributed by atoms with Crippen LogP contribution in [0.4, 0.5) is 0 Å². The number of nitrogens with two attached hydrogens (primary N) is 1. The molecule has 0 spiro atoms. The number of carbonyl (C=O) groups is 1. The zero-order valence-electron chi connectivity index (χ0n) is 7.94. The van der Waals surface area contributed by atoms with Gasteiger partial charge in [-0.2, -0.15) is 0 Å². The number of nitrogens with one attached hydrogen (secondary N) is 1. The number of hydrogen-bond acceptors (Lipinski definition) is 5. The number of hydrogen-bond donors (Lipinski definition) is 2. The topological polar surface area (TPSA) is 76.8 Å². The van der Waals surface area contributed by atoms with Gasteiger partial charge < -0.3 is 15.0 Å². The second kappa shape index (κ2) is 4.22. The van der Waals surface area contributed by atoms with Crippen molar-refractivity contribution in [2.75, 3.05) is 32.8 Å². The molecular weight excluding hydrogens is 186 g/mol. The van der Waals surface area contributed by atoms with Crippen LogP contribution < -0.4 is 11.2 Å². The first kappa shape index (κ1) is 9.85. The summed E-state index contributed by atoms with van der Waals surface area (Å²) in [6.07, 6.45) is -0.472. The van der Waals surface area contributed by atoms with Gasteiger partial charge >= 0.3 is 0 Å². The molecule has 2 saturated heterocycles. The Bertz CT molecular complexity index is 220. The van der Waals surface area contributed by atoms with Gasteiger partial charge in [0.1, 0.15) is 0 Å². The number of amides is 1. The third-order valence-corrected chi connectivity index (χ3v) is 2.63. The summed E-state index contributed by atoms with van der Waals surface area (Å²) in [6.45, 7) is 3.13. The fraction of sp³-hybridized carbons (Fsp3) is 0.875. The third kappa shape index (κ3) is 1.88. The highest BCUT2D eigenvalue weighted by Crippen LogP contribution is 2.12. The minimum Gasteiger partial charge on any atom is -0.347 e. The standard InChI is InChI=1S/C8H15N3O3/c9-14-7-5-11(1-2-13-7)8(12)6-3-10-4-6/h6-7,10H,1-5,9H2. The molecule has 1 atom stereocenters. The summed E-state index contributed by atoms with van der Waals surface area (Å²) in [4.78, 5) is 18.1. The predicted octanol–water partition coefficient (Wildman–Crippen LogP) is -1.72. The van der Waals surface area contributed by atoms with E-state index in [0.717, 1.165) is 13.1 Å². The molecule has 0 bridgehead atoms. The van der Waals surface area contributed by atoms with Crippen LogP contribution >= 0.6 is 0 Å². The van der Waals surface area contributed by atoms with Gasteiger partial charge in [0.05, 0.1) is 19.1 Å². The SMILES string of the molecule is NOC1CN(C(=O)C2CNC2)CCO1. The van der Waals surface area contributed by atoms with Crippen molar-refractivity contribution in [2.24, 2.45) is 11.8 Å². The Hall–Kier alpha value is -0.690. The van der Waals surface area contributed by atoms with Gasteiger partial charge in [0, 0.05) is 19.6 Å². The zero-order valence-corrected chi connectivity index (χ0v) is 7.94. The Kier molecular flexibility index (Phi) is 2.97. The van der Waals surface area contributed by atoms with E-state index in [1.165, 1.54) is 0 Å². The van der Waals surface area contributed by atoms with Crippen molar-refractivity contribution in [2.45, 2.75) is 6.29 Å². The minimum atomic E-state index is -0.472. The Balaban J connectivity index is 1.86. The third-order valence-electron chi connectivity index (χ3n) is 2.63. The molecule has 2 fully saturated rings. The summed E-state index contributed by atoms with van der Waals surface area (Å²) in [5, 5.41) is 3.07. The van der Waals surface area contributed by atoms with E-state index in [-0.39, 0.29) is 11.8 Å². The van der Waals surface area contributed by atoms with E-state index >= 15 is 0 Å². The molecule has 0 aromatic rings. The van der Waals surface area contributed by atoms with Crippen molar-refractivity contribution in [1.82, 2.24) is 10.2 Å². The van der Waals surface area contributed by atoms with E-state index in [2.05, 4.69) is 10.2 Å². The lowest BCUT2D eigenvalue weighted by Crippen LogP contribution is -2.56. The molecule has 3 N–H and O–H groups in total. The molecule has 1 amide bonds. The first-order valence-corrected chi connectivity index (χ1v) is 4.78. The lowest BCUT2D eigenvalue weighted by atomic mass is 10.0. The number of morpholine rings is 1. The fourth-order valence-corrected chi connectivity index (χ4v) is 1.62. The van der Waals surface area contributed by atoms with Crippen molar-refractivity contribution in [3.63, 3.8) is 0 Å². The number of carbonyl (C=O) groups excluding carboxylic acids is 1. The Labute approximate surface area is 82.3 Å². The van der Waals surface area contributed by atoms with Crippen LogP contribution in [-0.4, -0.2) is 49.9 Å². The van der Waals surface area contributed by atoms with E-state index in [4.69, 9.17) is 10.6 Å². The van der Waals surface area contributed by atoms with Gasteiger partial charge in [0.2, 0.25) is 5.91 Å². The molecule has 2 aliphatic rings. The quantitative estimate of drug-likeness (QED) is 0.520. The first-order valence-electron chi connectivity index (χ1n) is 4.78. The number of rotatable bonds is 2. The Morgan fingerprint density at radius 2 is 2.36 bits per heavy atom. The van der Waals surface area contributed by atoms with Crippen LogP contribution in [0, 0.1) is 5.92 Å².